The number of hydroxylamine groups is 2. The van der Waals surface area contributed by atoms with E-state index in [0.29, 0.717) is 5.56 Å². The zero-order valence-electron chi connectivity index (χ0n) is 13.4. The molecule has 0 aliphatic heterocycles. The Bertz CT molecular complexity index is 851. The molecule has 0 aliphatic carbocycles. The maximum atomic E-state index is 13.3. The molecule has 0 atom stereocenters. The third kappa shape index (κ3) is 3.90. The Labute approximate surface area is 139 Å². The fourth-order valence-corrected chi connectivity index (χ4v) is 3.09. The van der Waals surface area contributed by atoms with E-state index in [1.807, 2.05) is 0 Å². The first-order chi connectivity index (χ1) is 11.2. The van der Waals surface area contributed by atoms with Crippen molar-refractivity contribution in [2.45, 2.75) is 11.8 Å². The molecule has 8 heteroatoms. The summed E-state index contributed by atoms with van der Waals surface area (Å²) in [5.74, 6) is -0.833. The molecule has 0 aliphatic rings. The van der Waals surface area contributed by atoms with Crippen molar-refractivity contribution in [2.75, 3.05) is 18.9 Å². The first kappa shape index (κ1) is 17.9. The minimum Gasteiger partial charge on any atom is -0.280 e. The van der Waals surface area contributed by atoms with Gasteiger partial charge in [0.1, 0.15) is 5.82 Å². The lowest BCUT2D eigenvalue weighted by Gasteiger charge is -2.14. The maximum absolute atomic E-state index is 13.3. The summed E-state index contributed by atoms with van der Waals surface area (Å²) in [4.78, 5) is 16.6. The molecule has 0 aromatic heterocycles. The van der Waals surface area contributed by atoms with Crippen molar-refractivity contribution >= 4 is 21.6 Å². The Kier molecular flexibility index (Phi) is 5.20. The van der Waals surface area contributed by atoms with E-state index >= 15 is 0 Å². The Morgan fingerprint density at radius 2 is 1.79 bits per heavy atom. The number of halogens is 1. The van der Waals surface area contributed by atoms with Crippen molar-refractivity contribution in [1.82, 2.24) is 5.06 Å². The number of nitrogens with zero attached hydrogens (tertiary/aromatic N) is 1. The van der Waals surface area contributed by atoms with E-state index in [1.54, 1.807) is 0 Å². The molecule has 24 heavy (non-hydrogen) atoms. The highest BCUT2D eigenvalue weighted by Gasteiger charge is 2.16. The van der Waals surface area contributed by atoms with E-state index in [0.717, 1.165) is 11.1 Å². The molecule has 0 saturated carbocycles. The topological polar surface area (TPSA) is 75.7 Å². The fourth-order valence-electron chi connectivity index (χ4n) is 1.94. The van der Waals surface area contributed by atoms with Crippen molar-refractivity contribution in [3.63, 3.8) is 0 Å². The van der Waals surface area contributed by atoms with Crippen LogP contribution in [0.5, 0.6) is 0 Å². The van der Waals surface area contributed by atoms with E-state index in [1.165, 1.54) is 57.5 Å². The van der Waals surface area contributed by atoms with Gasteiger partial charge >= 0.3 is 0 Å². The second-order valence-electron chi connectivity index (χ2n) is 5.08. The van der Waals surface area contributed by atoms with E-state index in [4.69, 9.17) is 4.84 Å². The number of anilines is 1. The summed E-state index contributed by atoms with van der Waals surface area (Å²) in [6, 6.07) is 9.43. The van der Waals surface area contributed by atoms with Gasteiger partial charge < -0.3 is 0 Å². The lowest BCUT2D eigenvalue weighted by atomic mass is 10.2. The van der Waals surface area contributed by atoms with Crippen molar-refractivity contribution in [3.05, 3.63) is 59.4 Å². The molecular weight excluding hydrogens is 335 g/mol. The number of carbonyl (C=O) groups is 1. The zero-order valence-corrected chi connectivity index (χ0v) is 14.2. The molecule has 0 saturated heterocycles. The average molecular weight is 352 g/mol. The maximum Gasteiger partial charge on any atom is 0.277 e. The van der Waals surface area contributed by atoms with Gasteiger partial charge in [-0.05, 0) is 55.0 Å². The highest BCUT2D eigenvalue weighted by molar-refractivity contribution is 7.92. The van der Waals surface area contributed by atoms with Crippen LogP contribution in [0.25, 0.3) is 0 Å². The highest BCUT2D eigenvalue weighted by Crippen LogP contribution is 2.19. The molecule has 6 nitrogen and oxygen atoms in total. The van der Waals surface area contributed by atoms with Gasteiger partial charge in [0.15, 0.2) is 0 Å². The predicted octanol–water partition coefficient (Wildman–Crippen LogP) is 2.57. The van der Waals surface area contributed by atoms with Gasteiger partial charge in [0.2, 0.25) is 0 Å². The summed E-state index contributed by atoms with van der Waals surface area (Å²) < 4.78 is 40.3. The number of hydrogen-bond acceptors (Lipinski definition) is 4. The number of sulfonamides is 1. The minimum atomic E-state index is -3.84. The fraction of sp³-hybridized carbons (Fsp3) is 0.188. The van der Waals surface area contributed by atoms with Gasteiger partial charge in [-0.15, -0.1) is 0 Å². The van der Waals surface area contributed by atoms with E-state index in [9.17, 15) is 17.6 Å². The van der Waals surface area contributed by atoms with Gasteiger partial charge in [-0.25, -0.2) is 17.9 Å². The monoisotopic (exact) mass is 352 g/mol. The number of hydrogen-bond donors (Lipinski definition) is 1. The Morgan fingerprint density at radius 1 is 1.17 bits per heavy atom. The van der Waals surface area contributed by atoms with Crippen LogP contribution in [0.4, 0.5) is 10.1 Å². The predicted molar refractivity (Wildman–Crippen MR) is 87.5 cm³/mol. The highest BCUT2D eigenvalue weighted by atomic mass is 32.2. The lowest BCUT2D eigenvalue weighted by molar-refractivity contribution is -0.0756. The van der Waals surface area contributed by atoms with Crippen LogP contribution in [0, 0.1) is 12.7 Å². The van der Waals surface area contributed by atoms with Gasteiger partial charge in [0, 0.05) is 18.3 Å². The Balaban J connectivity index is 2.21. The SMILES string of the molecule is CON(C)C(=O)c1ccc(NS(=O)(=O)c2ccc(F)c(C)c2)cc1. The second kappa shape index (κ2) is 6.98. The number of nitrogens with one attached hydrogen (secondary N) is 1. The lowest BCUT2D eigenvalue weighted by Crippen LogP contribution is -2.25. The molecule has 2 rings (SSSR count). The Hall–Kier alpha value is -2.45. The molecular formula is C16H17FN2O4S. The van der Waals surface area contributed by atoms with Crippen LogP contribution < -0.4 is 4.72 Å². The standard InChI is InChI=1S/C16H17FN2O4S/c1-11-10-14(8-9-15(11)17)24(21,22)18-13-6-4-12(5-7-13)16(20)19(2)23-3/h4-10,18H,1-3H3. The van der Waals surface area contributed by atoms with Gasteiger partial charge in [0.25, 0.3) is 15.9 Å². The minimum absolute atomic E-state index is 0.0410. The number of rotatable bonds is 5. The molecule has 128 valence electrons. The van der Waals surface area contributed by atoms with Crippen LogP contribution in [0.1, 0.15) is 15.9 Å². The molecule has 0 radical (unpaired) electrons. The summed E-state index contributed by atoms with van der Waals surface area (Å²) in [6.45, 7) is 1.49. The molecule has 0 spiro atoms. The largest absolute Gasteiger partial charge is 0.280 e. The van der Waals surface area contributed by atoms with Crippen LogP contribution in [-0.4, -0.2) is 33.5 Å². The third-order valence-corrected chi connectivity index (χ3v) is 4.76. The summed E-state index contributed by atoms with van der Waals surface area (Å²) >= 11 is 0. The molecule has 0 unspecified atom stereocenters. The molecule has 0 heterocycles. The number of carbonyl (C=O) groups excluding carboxylic acids is 1. The molecule has 0 bridgehead atoms. The molecule has 1 N–H and O–H groups in total. The van der Waals surface area contributed by atoms with Crippen molar-refractivity contribution in [2.24, 2.45) is 0 Å². The van der Waals surface area contributed by atoms with Crippen molar-refractivity contribution < 1.29 is 22.4 Å². The molecule has 2 aromatic rings. The van der Waals surface area contributed by atoms with Crippen LogP contribution in [0.15, 0.2) is 47.4 Å². The first-order valence-electron chi connectivity index (χ1n) is 6.96. The van der Waals surface area contributed by atoms with Crippen LogP contribution >= 0.6 is 0 Å². The Morgan fingerprint density at radius 3 is 2.33 bits per heavy atom. The van der Waals surface area contributed by atoms with Crippen molar-refractivity contribution in [1.29, 1.82) is 0 Å². The van der Waals surface area contributed by atoms with Crippen LogP contribution in [-0.2, 0) is 14.9 Å². The van der Waals surface area contributed by atoms with Crippen molar-refractivity contribution in [3.8, 4) is 0 Å². The van der Waals surface area contributed by atoms with Crippen LogP contribution in [0.2, 0.25) is 0 Å². The third-order valence-electron chi connectivity index (χ3n) is 3.38. The van der Waals surface area contributed by atoms with Crippen LogP contribution in [0.3, 0.4) is 0 Å². The van der Waals surface area contributed by atoms with Gasteiger partial charge in [-0.3, -0.25) is 14.4 Å². The molecule has 2 aromatic carbocycles. The summed E-state index contributed by atoms with van der Waals surface area (Å²) in [5, 5.41) is 1.06. The number of benzene rings is 2. The summed E-state index contributed by atoms with van der Waals surface area (Å²) in [7, 11) is -1.01. The first-order valence-corrected chi connectivity index (χ1v) is 8.44. The quantitative estimate of drug-likeness (QED) is 0.839. The van der Waals surface area contributed by atoms with E-state index in [-0.39, 0.29) is 22.1 Å². The van der Waals surface area contributed by atoms with E-state index < -0.39 is 15.8 Å². The van der Waals surface area contributed by atoms with Gasteiger partial charge in [-0.2, -0.15) is 0 Å². The number of aryl methyl sites for hydroxylation is 1. The van der Waals surface area contributed by atoms with Gasteiger partial charge in [-0.1, -0.05) is 0 Å². The molecule has 1 amide bonds. The smallest absolute Gasteiger partial charge is 0.277 e. The summed E-state index contributed by atoms with van der Waals surface area (Å²) in [6.07, 6.45) is 0. The number of amides is 1. The normalized spacial score (nSPS) is 11.2. The zero-order chi connectivity index (χ0) is 17.9. The average Bonchev–Trinajstić information content (AvgIpc) is 2.56. The van der Waals surface area contributed by atoms with Gasteiger partial charge in [0.05, 0.1) is 12.0 Å². The van der Waals surface area contributed by atoms with E-state index in [2.05, 4.69) is 4.72 Å². The molecule has 0 fully saturated rings. The second-order valence-corrected chi connectivity index (χ2v) is 6.76. The summed E-state index contributed by atoms with van der Waals surface area (Å²) in [5.41, 5.74) is 0.870.